The van der Waals surface area contributed by atoms with Crippen molar-refractivity contribution in [3.05, 3.63) is 48.0 Å². The number of hydrogen-bond acceptors (Lipinski definition) is 14. The van der Waals surface area contributed by atoms with Gasteiger partial charge in [0.15, 0.2) is 0 Å². The molecule has 0 aliphatic heterocycles. The predicted molar refractivity (Wildman–Crippen MR) is 194 cm³/mol. The summed E-state index contributed by atoms with van der Waals surface area (Å²) in [6.07, 6.45) is 14.3. The van der Waals surface area contributed by atoms with Crippen molar-refractivity contribution in [2.45, 2.75) is 95.5 Å². The number of nitrogens with zero attached hydrogens (tertiary/aromatic N) is 8. The molecule has 8 N–H and O–H groups in total. The Morgan fingerprint density at radius 3 is 2.53 bits per heavy atom. The molecule has 0 spiro atoms. The zero-order valence-electron chi connectivity index (χ0n) is 29.2. The molecular weight excluding hydrogens is 652 g/mol. The number of para-hydroxylation sites is 1. The largest absolute Gasteiger partial charge is 0.480 e. The summed E-state index contributed by atoms with van der Waals surface area (Å²) in [6.45, 7) is 5.44. The molecule has 1 aromatic carbocycles. The summed E-state index contributed by atoms with van der Waals surface area (Å²) >= 11 is 0. The first-order valence-electron chi connectivity index (χ1n) is 18.1. The third kappa shape index (κ3) is 12.3. The number of aliphatic carboxylic acids is 1. The molecule has 51 heavy (non-hydrogen) atoms. The highest BCUT2D eigenvalue weighted by atomic mass is 16.4. The smallest absolute Gasteiger partial charge is 0.320 e. The van der Waals surface area contributed by atoms with Gasteiger partial charge in [-0.05, 0) is 76.8 Å². The normalized spacial score (nSPS) is 14.8. The molecule has 3 aromatic heterocycles. The van der Waals surface area contributed by atoms with Crippen LogP contribution in [-0.4, -0.2) is 102 Å². The second kappa shape index (κ2) is 20.3. The number of carbonyl (C=O) groups excluding carboxylic acids is 1. The third-order valence-corrected chi connectivity index (χ3v) is 8.96. The summed E-state index contributed by atoms with van der Waals surface area (Å²) in [5.74, 6) is 0.0602. The van der Waals surface area contributed by atoms with Crippen molar-refractivity contribution < 1.29 is 14.7 Å². The molecule has 1 aliphatic carbocycles. The molecule has 1 aliphatic rings. The molecule has 0 radical (unpaired) electrons. The Labute approximate surface area is 297 Å². The Morgan fingerprint density at radius 2 is 1.69 bits per heavy atom. The SMILES string of the molecule is N[C@@H](CCCNCC(C=O)n1cc(CNc2nc(NCc3cn(CCCNCCCNC4CCCCC4)nn3)nc3ccccc23)nn1)C(=O)O. The zero-order valence-corrected chi connectivity index (χ0v) is 29.2. The minimum absolute atomic E-state index is 0.326. The van der Waals surface area contributed by atoms with Crippen molar-refractivity contribution in [1.29, 1.82) is 0 Å². The van der Waals surface area contributed by atoms with Crippen LogP contribution in [0.4, 0.5) is 11.8 Å². The second-order valence-corrected chi connectivity index (χ2v) is 13.0. The minimum atomic E-state index is -1.02. The number of rotatable bonds is 24. The summed E-state index contributed by atoms with van der Waals surface area (Å²) in [4.78, 5) is 32.0. The van der Waals surface area contributed by atoms with Gasteiger partial charge in [0.25, 0.3) is 0 Å². The fraction of sp³-hybridized carbons (Fsp3) is 0.588. The number of nitrogens with one attached hydrogen (secondary N) is 5. The topological polar surface area (TPSA) is 228 Å². The number of carboxylic acids is 1. The quantitative estimate of drug-likeness (QED) is 0.0408. The lowest BCUT2D eigenvalue weighted by Gasteiger charge is -2.22. The lowest BCUT2D eigenvalue weighted by molar-refractivity contribution is -0.138. The first-order valence-corrected chi connectivity index (χ1v) is 18.1. The third-order valence-electron chi connectivity index (χ3n) is 8.96. The van der Waals surface area contributed by atoms with E-state index in [1.807, 2.05) is 35.1 Å². The average Bonchev–Trinajstić information content (AvgIpc) is 3.82. The second-order valence-electron chi connectivity index (χ2n) is 13.0. The van der Waals surface area contributed by atoms with Crippen LogP contribution in [0.25, 0.3) is 10.9 Å². The molecule has 0 amide bonds. The number of carboxylic acid groups (broad SMARTS) is 1. The number of aldehydes is 1. The van der Waals surface area contributed by atoms with Crippen LogP contribution >= 0.6 is 0 Å². The van der Waals surface area contributed by atoms with Crippen molar-refractivity contribution in [1.82, 2.24) is 55.9 Å². The Bertz CT molecular complexity index is 1640. The molecule has 276 valence electrons. The number of carbonyl (C=O) groups is 2. The van der Waals surface area contributed by atoms with E-state index < -0.39 is 18.1 Å². The molecule has 1 fully saturated rings. The van der Waals surface area contributed by atoms with Gasteiger partial charge in [0, 0.05) is 24.5 Å². The van der Waals surface area contributed by atoms with Crippen LogP contribution in [0.3, 0.4) is 0 Å². The first-order chi connectivity index (χ1) is 25.0. The van der Waals surface area contributed by atoms with Gasteiger partial charge >= 0.3 is 5.97 Å². The van der Waals surface area contributed by atoms with E-state index in [2.05, 4.69) is 52.2 Å². The standard InChI is InChI=1S/C34H52N14O3/c35-30(33(50)51)12-6-14-37-21-28(24-49)48-23-27(44-46-48)19-39-32-29-11-4-5-13-31(29)41-34(42-32)40-20-26-22-47(45-43-26)18-8-16-36-15-7-17-38-25-9-2-1-3-10-25/h4-5,11,13,22-25,28,30,36-38H,1-3,6-10,12,14-21,35H2,(H,50,51)(H2,39,40,41,42)/t28?,30-/m0/s1. The van der Waals surface area contributed by atoms with Gasteiger partial charge < -0.3 is 42.2 Å². The van der Waals surface area contributed by atoms with E-state index in [1.54, 1.807) is 6.20 Å². The predicted octanol–water partition coefficient (Wildman–Crippen LogP) is 1.85. The van der Waals surface area contributed by atoms with Gasteiger partial charge in [-0.25, -0.2) is 9.67 Å². The Kier molecular flexibility index (Phi) is 15.0. The first kappa shape index (κ1) is 37.7. The number of aryl methyl sites for hydroxylation is 1. The average molecular weight is 705 g/mol. The number of fused-ring (bicyclic) bond motifs is 1. The van der Waals surface area contributed by atoms with Crippen LogP contribution in [0.1, 0.15) is 75.2 Å². The molecule has 3 heterocycles. The summed E-state index contributed by atoms with van der Waals surface area (Å²) in [5, 5.41) is 43.7. The summed E-state index contributed by atoms with van der Waals surface area (Å²) < 4.78 is 3.38. The van der Waals surface area contributed by atoms with Gasteiger partial charge in [0.2, 0.25) is 5.95 Å². The van der Waals surface area contributed by atoms with Gasteiger partial charge in [-0.3, -0.25) is 9.48 Å². The minimum Gasteiger partial charge on any atom is -0.480 e. The number of benzene rings is 1. The van der Waals surface area contributed by atoms with E-state index in [1.165, 1.54) is 36.8 Å². The highest BCUT2D eigenvalue weighted by Crippen LogP contribution is 2.23. The van der Waals surface area contributed by atoms with E-state index >= 15 is 0 Å². The number of hydrogen-bond donors (Lipinski definition) is 7. The van der Waals surface area contributed by atoms with Crippen molar-refractivity contribution in [3.63, 3.8) is 0 Å². The van der Waals surface area contributed by atoms with Crippen molar-refractivity contribution >= 4 is 34.9 Å². The summed E-state index contributed by atoms with van der Waals surface area (Å²) in [7, 11) is 0. The number of anilines is 2. The van der Waals surface area contributed by atoms with Gasteiger partial charge in [-0.1, -0.05) is 41.8 Å². The van der Waals surface area contributed by atoms with E-state index in [0.29, 0.717) is 56.5 Å². The number of aromatic nitrogens is 8. The molecule has 5 rings (SSSR count). The Balaban J connectivity index is 1.04. The lowest BCUT2D eigenvalue weighted by atomic mass is 9.95. The van der Waals surface area contributed by atoms with Crippen LogP contribution in [0.5, 0.6) is 0 Å². The molecule has 4 aromatic rings. The Morgan fingerprint density at radius 1 is 0.922 bits per heavy atom. The monoisotopic (exact) mass is 704 g/mol. The van der Waals surface area contributed by atoms with Gasteiger partial charge in [0.05, 0.1) is 31.0 Å². The van der Waals surface area contributed by atoms with Gasteiger partial charge in [0.1, 0.15) is 35.6 Å². The maximum absolute atomic E-state index is 11.8. The lowest BCUT2D eigenvalue weighted by Crippen LogP contribution is -2.33. The van der Waals surface area contributed by atoms with Crippen LogP contribution in [0, 0.1) is 0 Å². The van der Waals surface area contributed by atoms with Crippen LogP contribution < -0.4 is 32.3 Å². The van der Waals surface area contributed by atoms with E-state index in [-0.39, 0.29) is 0 Å². The van der Waals surface area contributed by atoms with Gasteiger partial charge in [-0.15, -0.1) is 10.2 Å². The fourth-order valence-corrected chi connectivity index (χ4v) is 6.06. The van der Waals surface area contributed by atoms with Crippen molar-refractivity contribution in [2.75, 3.05) is 43.4 Å². The van der Waals surface area contributed by atoms with Gasteiger partial charge in [-0.2, -0.15) is 4.98 Å². The molecule has 0 bridgehead atoms. The molecular formula is C34H52N14O3. The molecule has 17 heteroatoms. The highest BCUT2D eigenvalue weighted by molar-refractivity contribution is 5.90. The molecule has 2 atom stereocenters. The molecule has 1 saturated carbocycles. The van der Waals surface area contributed by atoms with Crippen LogP contribution in [0.2, 0.25) is 0 Å². The Hall–Kier alpha value is -4.58. The molecule has 1 unspecified atom stereocenters. The van der Waals surface area contributed by atoms with Crippen LogP contribution in [0.15, 0.2) is 36.7 Å². The van der Waals surface area contributed by atoms with E-state index in [0.717, 1.165) is 67.9 Å². The molecule has 0 saturated heterocycles. The zero-order chi connectivity index (χ0) is 35.7. The fourth-order valence-electron chi connectivity index (χ4n) is 6.06. The maximum atomic E-state index is 11.8. The highest BCUT2D eigenvalue weighted by Gasteiger charge is 2.15. The maximum Gasteiger partial charge on any atom is 0.320 e. The summed E-state index contributed by atoms with van der Waals surface area (Å²) in [6, 6.07) is 7.00. The van der Waals surface area contributed by atoms with Crippen molar-refractivity contribution in [2.24, 2.45) is 5.73 Å². The number of nitrogens with two attached hydrogens (primary N) is 1. The van der Waals surface area contributed by atoms with E-state index in [9.17, 15) is 9.59 Å². The van der Waals surface area contributed by atoms with Crippen molar-refractivity contribution in [3.8, 4) is 0 Å². The molecule has 17 nitrogen and oxygen atoms in total. The summed E-state index contributed by atoms with van der Waals surface area (Å²) in [5.41, 5.74) is 7.74. The van der Waals surface area contributed by atoms with Crippen LogP contribution in [-0.2, 0) is 29.2 Å². The van der Waals surface area contributed by atoms with E-state index in [4.69, 9.17) is 15.8 Å².